The molecule has 0 spiro atoms. The Kier molecular flexibility index (Phi) is 3.55. The van der Waals surface area contributed by atoms with E-state index in [1.165, 1.54) is 0 Å². The Bertz CT molecular complexity index is 606. The Hall–Kier alpha value is -1.57. The minimum atomic E-state index is -0.304. The van der Waals surface area contributed by atoms with Crippen LogP contribution in [0.15, 0.2) is 18.2 Å². The van der Waals surface area contributed by atoms with E-state index in [2.05, 4.69) is 38.1 Å². The van der Waals surface area contributed by atoms with Crippen LogP contribution in [0.1, 0.15) is 21.7 Å². The molecule has 1 aromatic heterocycles. The SMILES string of the molecule is Cc1[nH]nc(C(=O)Nc2cccc(I)c2C)c1N. The molecule has 18 heavy (non-hydrogen) atoms. The van der Waals surface area contributed by atoms with Crippen molar-refractivity contribution in [3.05, 3.63) is 38.7 Å². The molecule has 2 rings (SSSR count). The number of carbonyl (C=O) groups excluding carboxylic acids is 1. The van der Waals surface area contributed by atoms with Gasteiger partial charge >= 0.3 is 0 Å². The summed E-state index contributed by atoms with van der Waals surface area (Å²) in [4.78, 5) is 12.0. The highest BCUT2D eigenvalue weighted by atomic mass is 127. The number of carbonyl (C=O) groups is 1. The summed E-state index contributed by atoms with van der Waals surface area (Å²) in [6.07, 6.45) is 0. The number of amides is 1. The van der Waals surface area contributed by atoms with E-state index in [0.717, 1.165) is 14.8 Å². The van der Waals surface area contributed by atoms with Crippen molar-refractivity contribution in [2.75, 3.05) is 11.1 Å². The number of nitrogen functional groups attached to an aromatic ring is 1. The number of hydrogen-bond acceptors (Lipinski definition) is 3. The largest absolute Gasteiger partial charge is 0.395 e. The van der Waals surface area contributed by atoms with Crippen LogP contribution in [-0.4, -0.2) is 16.1 Å². The predicted octanol–water partition coefficient (Wildman–Crippen LogP) is 2.47. The topological polar surface area (TPSA) is 83.8 Å². The third-order valence-electron chi connectivity index (χ3n) is 2.73. The second kappa shape index (κ2) is 4.97. The summed E-state index contributed by atoms with van der Waals surface area (Å²) in [5.41, 5.74) is 8.87. The van der Waals surface area contributed by atoms with E-state index < -0.39 is 0 Å². The lowest BCUT2D eigenvalue weighted by molar-refractivity contribution is 0.102. The number of anilines is 2. The van der Waals surface area contributed by atoms with E-state index in [1.807, 2.05) is 25.1 Å². The molecule has 0 aliphatic carbocycles. The molecule has 0 bridgehead atoms. The lowest BCUT2D eigenvalue weighted by Gasteiger charge is -2.08. The Balaban J connectivity index is 2.27. The number of hydrogen-bond donors (Lipinski definition) is 3. The van der Waals surface area contributed by atoms with Gasteiger partial charge in [0, 0.05) is 9.26 Å². The maximum atomic E-state index is 12.0. The van der Waals surface area contributed by atoms with Crippen LogP contribution in [0.5, 0.6) is 0 Å². The summed E-state index contributed by atoms with van der Waals surface area (Å²) >= 11 is 2.22. The molecule has 1 aromatic carbocycles. The van der Waals surface area contributed by atoms with Crippen LogP contribution >= 0.6 is 22.6 Å². The maximum Gasteiger partial charge on any atom is 0.278 e. The number of nitrogens with one attached hydrogen (secondary N) is 2. The molecule has 0 aliphatic heterocycles. The first-order valence-corrected chi connectivity index (χ1v) is 6.45. The van der Waals surface area contributed by atoms with Gasteiger partial charge in [-0.15, -0.1) is 0 Å². The number of nitrogens with two attached hydrogens (primary N) is 1. The minimum absolute atomic E-state index is 0.228. The average molecular weight is 356 g/mol. The molecule has 0 fully saturated rings. The summed E-state index contributed by atoms with van der Waals surface area (Å²) in [7, 11) is 0. The zero-order valence-corrected chi connectivity index (χ0v) is 12.2. The lowest BCUT2D eigenvalue weighted by Crippen LogP contribution is -2.15. The molecule has 6 heteroatoms. The van der Waals surface area contributed by atoms with Crippen LogP contribution in [0.3, 0.4) is 0 Å². The van der Waals surface area contributed by atoms with Gasteiger partial charge in [0.05, 0.1) is 11.4 Å². The van der Waals surface area contributed by atoms with Gasteiger partial charge in [-0.05, 0) is 54.1 Å². The Morgan fingerprint density at radius 1 is 1.44 bits per heavy atom. The summed E-state index contributed by atoms with van der Waals surface area (Å²) in [5.74, 6) is -0.304. The number of aromatic amines is 1. The van der Waals surface area contributed by atoms with Gasteiger partial charge in [0.2, 0.25) is 0 Å². The van der Waals surface area contributed by atoms with Crippen LogP contribution < -0.4 is 11.1 Å². The first-order chi connectivity index (χ1) is 8.50. The molecule has 0 saturated heterocycles. The molecule has 94 valence electrons. The van der Waals surface area contributed by atoms with Gasteiger partial charge in [-0.25, -0.2) is 0 Å². The fourth-order valence-corrected chi connectivity index (χ4v) is 2.03. The number of benzene rings is 1. The first-order valence-electron chi connectivity index (χ1n) is 5.37. The summed E-state index contributed by atoms with van der Waals surface area (Å²) < 4.78 is 1.09. The minimum Gasteiger partial charge on any atom is -0.395 e. The second-order valence-electron chi connectivity index (χ2n) is 3.98. The molecular formula is C12H13IN4O. The molecule has 0 radical (unpaired) electrons. The number of halogens is 1. The molecule has 0 unspecified atom stereocenters. The molecule has 0 saturated carbocycles. The number of aromatic nitrogens is 2. The zero-order chi connectivity index (χ0) is 13.3. The van der Waals surface area contributed by atoms with E-state index in [1.54, 1.807) is 6.92 Å². The van der Waals surface area contributed by atoms with E-state index in [9.17, 15) is 4.79 Å². The van der Waals surface area contributed by atoms with Crippen LogP contribution in [0.4, 0.5) is 11.4 Å². The fraction of sp³-hybridized carbons (Fsp3) is 0.167. The monoisotopic (exact) mass is 356 g/mol. The standard InChI is InChI=1S/C12H13IN4O/c1-6-8(13)4-3-5-9(6)15-12(18)11-10(14)7(2)16-17-11/h3-5H,14H2,1-2H3,(H,15,18)(H,16,17). The molecular weight excluding hydrogens is 343 g/mol. The Labute approximate surface area is 118 Å². The maximum absolute atomic E-state index is 12.0. The number of nitrogens with zero attached hydrogens (tertiary/aromatic N) is 1. The van der Waals surface area contributed by atoms with Gasteiger partial charge in [-0.1, -0.05) is 6.07 Å². The average Bonchev–Trinajstić information content (AvgIpc) is 2.66. The molecule has 1 amide bonds. The third-order valence-corrected chi connectivity index (χ3v) is 3.89. The highest BCUT2D eigenvalue weighted by Crippen LogP contribution is 2.22. The highest BCUT2D eigenvalue weighted by molar-refractivity contribution is 14.1. The quantitative estimate of drug-likeness (QED) is 0.723. The number of aryl methyl sites for hydroxylation is 1. The third kappa shape index (κ3) is 2.33. The van der Waals surface area contributed by atoms with Crippen LogP contribution in [0.2, 0.25) is 0 Å². The van der Waals surface area contributed by atoms with Crippen molar-refractivity contribution in [3.63, 3.8) is 0 Å². The van der Waals surface area contributed by atoms with E-state index in [-0.39, 0.29) is 11.6 Å². The van der Waals surface area contributed by atoms with Gasteiger partial charge in [-0.3, -0.25) is 9.89 Å². The Morgan fingerprint density at radius 3 is 2.78 bits per heavy atom. The van der Waals surface area contributed by atoms with E-state index >= 15 is 0 Å². The molecule has 0 aliphatic rings. The number of H-pyrrole nitrogens is 1. The van der Waals surface area contributed by atoms with Gasteiger partial charge in [0.15, 0.2) is 5.69 Å². The van der Waals surface area contributed by atoms with Gasteiger partial charge in [0.25, 0.3) is 5.91 Å². The lowest BCUT2D eigenvalue weighted by atomic mass is 10.2. The predicted molar refractivity (Wildman–Crippen MR) is 79.6 cm³/mol. The van der Waals surface area contributed by atoms with Gasteiger partial charge < -0.3 is 11.1 Å². The van der Waals surface area contributed by atoms with E-state index in [4.69, 9.17) is 5.73 Å². The fourth-order valence-electron chi connectivity index (χ4n) is 1.54. The van der Waals surface area contributed by atoms with Crippen molar-refractivity contribution in [1.82, 2.24) is 10.2 Å². The summed E-state index contributed by atoms with van der Waals surface area (Å²) in [6, 6.07) is 5.73. The van der Waals surface area contributed by atoms with Crippen molar-refractivity contribution in [1.29, 1.82) is 0 Å². The van der Waals surface area contributed by atoms with Gasteiger partial charge in [-0.2, -0.15) is 5.10 Å². The smallest absolute Gasteiger partial charge is 0.278 e. The van der Waals surface area contributed by atoms with Gasteiger partial charge in [0.1, 0.15) is 0 Å². The normalized spacial score (nSPS) is 10.4. The van der Waals surface area contributed by atoms with Crippen LogP contribution in [-0.2, 0) is 0 Å². The first kappa shape index (κ1) is 12.9. The van der Waals surface area contributed by atoms with Crippen molar-refractivity contribution >= 4 is 39.9 Å². The Morgan fingerprint density at radius 2 is 2.17 bits per heavy atom. The highest BCUT2D eigenvalue weighted by Gasteiger charge is 2.16. The summed E-state index contributed by atoms with van der Waals surface area (Å²) in [6.45, 7) is 3.73. The van der Waals surface area contributed by atoms with Crippen molar-refractivity contribution in [3.8, 4) is 0 Å². The molecule has 2 aromatic rings. The summed E-state index contributed by atoms with van der Waals surface area (Å²) in [5, 5.41) is 9.41. The molecule has 5 nitrogen and oxygen atoms in total. The van der Waals surface area contributed by atoms with E-state index in [0.29, 0.717) is 11.4 Å². The van der Waals surface area contributed by atoms with Crippen LogP contribution in [0.25, 0.3) is 0 Å². The second-order valence-corrected chi connectivity index (χ2v) is 5.14. The molecule has 4 N–H and O–H groups in total. The van der Waals surface area contributed by atoms with Crippen molar-refractivity contribution in [2.24, 2.45) is 0 Å². The molecule has 0 atom stereocenters. The van der Waals surface area contributed by atoms with Crippen LogP contribution in [0, 0.1) is 17.4 Å². The zero-order valence-electron chi connectivity index (χ0n) is 10.0. The molecule has 1 heterocycles. The van der Waals surface area contributed by atoms with Crippen molar-refractivity contribution in [2.45, 2.75) is 13.8 Å². The number of rotatable bonds is 2. The van der Waals surface area contributed by atoms with Crippen molar-refractivity contribution < 1.29 is 4.79 Å².